The van der Waals surface area contributed by atoms with Crippen LogP contribution in [0.15, 0.2) is 101 Å². The summed E-state index contributed by atoms with van der Waals surface area (Å²) in [4.78, 5) is 12.2. The highest BCUT2D eigenvalue weighted by Crippen LogP contribution is 2.45. The van der Waals surface area contributed by atoms with Gasteiger partial charge in [-0.15, -0.1) is 0 Å². The summed E-state index contributed by atoms with van der Waals surface area (Å²) in [6.45, 7) is 13.1. The second-order valence-electron chi connectivity index (χ2n) is 11.6. The molecule has 2 aromatic rings. The van der Waals surface area contributed by atoms with Gasteiger partial charge >= 0.3 is 12.1 Å². The minimum absolute atomic E-state index is 0.00142. The fourth-order valence-electron chi connectivity index (χ4n) is 5.28. The molecule has 0 saturated carbocycles. The molecule has 1 aliphatic heterocycles. The molecular formula is C40H44F3N2O3P. The van der Waals surface area contributed by atoms with E-state index in [1.807, 2.05) is 57.8 Å². The Morgan fingerprint density at radius 2 is 1.80 bits per heavy atom. The van der Waals surface area contributed by atoms with E-state index in [2.05, 4.69) is 18.3 Å². The van der Waals surface area contributed by atoms with Crippen LogP contribution in [0, 0.1) is 11.3 Å². The molecule has 3 rings (SSSR count). The number of hydrogen-bond donors (Lipinski definition) is 2. The zero-order chi connectivity index (χ0) is 36.3. The first-order valence-corrected chi connectivity index (χ1v) is 17.4. The molecule has 1 aliphatic rings. The number of carboxylic acid groups (broad SMARTS) is 1. The molecule has 9 heteroatoms. The fraction of sp³-hybridized carbons (Fsp3) is 0.325. The van der Waals surface area contributed by atoms with E-state index in [1.54, 1.807) is 44.2 Å². The Morgan fingerprint density at radius 1 is 1.10 bits per heavy atom. The van der Waals surface area contributed by atoms with Crippen LogP contribution in [-0.2, 0) is 11.0 Å². The lowest BCUT2D eigenvalue weighted by Gasteiger charge is -2.28. The summed E-state index contributed by atoms with van der Waals surface area (Å²) in [5.41, 5.74) is 4.27. The van der Waals surface area contributed by atoms with Crippen LogP contribution in [0.3, 0.4) is 0 Å². The van der Waals surface area contributed by atoms with Gasteiger partial charge in [0.2, 0.25) is 0 Å². The highest BCUT2D eigenvalue weighted by Gasteiger charge is 2.35. The maximum atomic E-state index is 14.3. The standard InChI is InChI=1S/C40H44F3N2O3P/c1-8-13-30-20-36(28(10-3)24-49-37(12-5)29-17-15-27(23-44)16-18-29)48-38-33(21-31(22-34(30)38)40(41,42)43)26(7)45-35(19-14-25(6)9-2)32(11-4)39(46)47/h10-11,13-22,24,26,37,45H,8-9,12H2,1-7H3,(H,46,47)/b25-14+,28-10+,30-13-,32-11-,35-19+/t26?,37-/m1/s1. The number of benzene rings is 2. The maximum Gasteiger partial charge on any atom is 0.416 e. The first-order valence-electron chi connectivity index (χ1n) is 16.4. The van der Waals surface area contributed by atoms with Crippen molar-refractivity contribution in [3.05, 3.63) is 129 Å². The molecule has 258 valence electrons. The third-order valence-electron chi connectivity index (χ3n) is 8.22. The molecule has 0 spiro atoms. The summed E-state index contributed by atoms with van der Waals surface area (Å²) in [5.74, 6) is 1.68. The van der Waals surface area contributed by atoms with Gasteiger partial charge in [0.1, 0.15) is 11.5 Å². The molecular weight excluding hydrogens is 644 g/mol. The predicted octanol–water partition coefficient (Wildman–Crippen LogP) is 11.4. The topological polar surface area (TPSA) is 82.4 Å². The van der Waals surface area contributed by atoms with Crippen molar-refractivity contribution in [2.24, 2.45) is 0 Å². The molecule has 0 aromatic heterocycles. The second kappa shape index (κ2) is 17.7. The number of fused-ring (bicyclic) bond motifs is 1. The number of nitrogens with one attached hydrogen (secondary N) is 1. The van der Waals surface area contributed by atoms with Crippen LogP contribution in [0.25, 0.3) is 5.57 Å². The van der Waals surface area contributed by atoms with Crippen LogP contribution < -0.4 is 10.1 Å². The number of carboxylic acids is 1. The molecule has 1 unspecified atom stereocenters. The fourth-order valence-corrected chi connectivity index (χ4v) is 6.45. The van der Waals surface area contributed by atoms with Gasteiger partial charge in [-0.05, 0) is 100 Å². The number of carbonyl (C=O) groups is 1. The minimum Gasteiger partial charge on any atom is -0.478 e. The SMILES string of the molecule is C/C=C(\C=P[C@H](CC)c1ccc(C#N)cc1)C1=C/C(=C/CC)c2cc(C(F)(F)F)cc(C(C)NC(=C/C=C(\C)CC)/C(=C/C)C(=O)O)c2O1. The first-order chi connectivity index (χ1) is 23.3. The van der Waals surface area contributed by atoms with Crippen molar-refractivity contribution in [1.82, 2.24) is 5.32 Å². The van der Waals surface area contributed by atoms with Crippen LogP contribution in [0.5, 0.6) is 5.75 Å². The van der Waals surface area contributed by atoms with E-state index in [0.29, 0.717) is 28.9 Å². The van der Waals surface area contributed by atoms with Gasteiger partial charge in [0.25, 0.3) is 0 Å². The Balaban J connectivity index is 2.16. The molecule has 2 aromatic carbocycles. The summed E-state index contributed by atoms with van der Waals surface area (Å²) in [6, 6.07) is 11.1. The Labute approximate surface area is 289 Å². The Hall–Kier alpha value is -4.60. The Morgan fingerprint density at radius 3 is 2.33 bits per heavy atom. The van der Waals surface area contributed by atoms with Crippen molar-refractivity contribution >= 4 is 25.5 Å². The maximum absolute atomic E-state index is 14.3. The van der Waals surface area contributed by atoms with Crippen molar-refractivity contribution < 1.29 is 27.8 Å². The van der Waals surface area contributed by atoms with Gasteiger partial charge in [0, 0.05) is 28.1 Å². The number of allylic oxidation sites excluding steroid dienone is 9. The summed E-state index contributed by atoms with van der Waals surface area (Å²) < 4.78 is 49.5. The number of nitriles is 1. The average molecular weight is 689 g/mol. The molecule has 1 heterocycles. The van der Waals surface area contributed by atoms with E-state index in [1.165, 1.54) is 6.08 Å². The molecule has 49 heavy (non-hydrogen) atoms. The molecule has 0 bridgehead atoms. The first kappa shape index (κ1) is 38.8. The zero-order valence-corrected chi connectivity index (χ0v) is 30.0. The number of ether oxygens (including phenoxy) is 1. The summed E-state index contributed by atoms with van der Waals surface area (Å²) in [5, 5.41) is 22.3. The van der Waals surface area contributed by atoms with Crippen molar-refractivity contribution in [3.63, 3.8) is 0 Å². The third kappa shape index (κ3) is 9.96. The number of halogens is 3. The molecule has 2 N–H and O–H groups in total. The Kier molecular flexibility index (Phi) is 14.0. The van der Waals surface area contributed by atoms with E-state index >= 15 is 0 Å². The largest absolute Gasteiger partial charge is 0.478 e. The number of aliphatic carboxylic acids is 1. The summed E-state index contributed by atoms with van der Waals surface area (Å²) in [7, 11) is 0.988. The number of hydrogen-bond acceptors (Lipinski definition) is 4. The predicted molar refractivity (Wildman–Crippen MR) is 194 cm³/mol. The number of alkyl halides is 3. The lowest BCUT2D eigenvalue weighted by atomic mass is 9.91. The zero-order valence-electron chi connectivity index (χ0n) is 29.1. The van der Waals surface area contributed by atoms with Crippen LogP contribution in [0.1, 0.15) is 107 Å². The van der Waals surface area contributed by atoms with Crippen molar-refractivity contribution in [2.75, 3.05) is 0 Å². The lowest BCUT2D eigenvalue weighted by Crippen LogP contribution is -2.24. The minimum atomic E-state index is -4.62. The molecule has 0 fully saturated rings. The van der Waals surface area contributed by atoms with Crippen molar-refractivity contribution in [2.45, 2.75) is 85.6 Å². The highest BCUT2D eigenvalue weighted by molar-refractivity contribution is 7.39. The number of nitrogens with zero attached hydrogens (tertiary/aromatic N) is 1. The third-order valence-corrected chi connectivity index (χ3v) is 9.67. The average Bonchev–Trinajstić information content (AvgIpc) is 3.08. The highest BCUT2D eigenvalue weighted by atomic mass is 31.1. The summed E-state index contributed by atoms with van der Waals surface area (Å²) in [6.07, 6.45) is 8.06. The van der Waals surface area contributed by atoms with Gasteiger partial charge in [-0.1, -0.05) is 71.0 Å². The molecule has 0 amide bonds. The quantitative estimate of drug-likeness (QED) is 0.124. The van der Waals surface area contributed by atoms with Gasteiger partial charge in [-0.3, -0.25) is 0 Å². The number of rotatable bonds is 13. The van der Waals surface area contributed by atoms with Crippen LogP contribution in [0.2, 0.25) is 0 Å². The van der Waals surface area contributed by atoms with E-state index in [4.69, 9.17) is 4.74 Å². The smallest absolute Gasteiger partial charge is 0.416 e. The molecule has 5 nitrogen and oxygen atoms in total. The molecule has 0 aliphatic carbocycles. The van der Waals surface area contributed by atoms with Crippen molar-refractivity contribution in [3.8, 4) is 11.8 Å². The van der Waals surface area contributed by atoms with E-state index < -0.39 is 23.8 Å². The van der Waals surface area contributed by atoms with Crippen LogP contribution in [-0.4, -0.2) is 16.9 Å². The second-order valence-corrected chi connectivity index (χ2v) is 12.8. The molecule has 0 radical (unpaired) electrons. The van der Waals surface area contributed by atoms with Gasteiger partial charge in [-0.2, -0.15) is 18.4 Å². The monoisotopic (exact) mass is 688 g/mol. The molecule has 0 saturated heterocycles. The van der Waals surface area contributed by atoms with E-state index in [9.17, 15) is 28.3 Å². The van der Waals surface area contributed by atoms with Gasteiger partial charge in [0.05, 0.1) is 28.8 Å². The Bertz CT molecular complexity index is 1790. The summed E-state index contributed by atoms with van der Waals surface area (Å²) >= 11 is 0. The van der Waals surface area contributed by atoms with Gasteiger partial charge in [-0.25, -0.2) is 4.79 Å². The van der Waals surface area contributed by atoms with Crippen LogP contribution in [0.4, 0.5) is 13.2 Å². The van der Waals surface area contributed by atoms with Gasteiger partial charge in [0.15, 0.2) is 0 Å². The van der Waals surface area contributed by atoms with Gasteiger partial charge < -0.3 is 15.2 Å². The van der Waals surface area contributed by atoms with Crippen LogP contribution >= 0.6 is 8.20 Å². The van der Waals surface area contributed by atoms with E-state index in [-0.39, 0.29) is 28.2 Å². The normalized spacial score (nSPS) is 16.5. The lowest BCUT2D eigenvalue weighted by molar-refractivity contribution is -0.137. The van der Waals surface area contributed by atoms with E-state index in [0.717, 1.165) is 49.9 Å². The molecule has 2 atom stereocenters. The van der Waals surface area contributed by atoms with Crippen molar-refractivity contribution in [1.29, 1.82) is 5.26 Å².